The van der Waals surface area contributed by atoms with Gasteiger partial charge in [0.05, 0.1) is 0 Å². The molecule has 1 amide bonds. The minimum absolute atomic E-state index is 0.164. The van der Waals surface area contributed by atoms with Crippen molar-refractivity contribution >= 4 is 17.4 Å². The number of carbonyl (C=O) groups excluding carboxylic acids is 1. The fraction of sp³-hybridized carbons (Fsp3) is 0.722. The second-order valence-corrected chi connectivity index (χ2v) is 9.25. The standard InChI is InChI=1S/C18H32N2O2S/c1-13(2)10-18(7,12-19-16(21)22-17(4,5)6)20-11-15-9-8-14(3)23-15/h8-9,13,20H,10-12H2,1-7H3,(H,19,21). The summed E-state index contributed by atoms with van der Waals surface area (Å²) in [5.41, 5.74) is -0.635. The molecule has 2 N–H and O–H groups in total. The summed E-state index contributed by atoms with van der Waals surface area (Å²) in [6.45, 7) is 15.6. The predicted molar refractivity (Wildman–Crippen MR) is 98.0 cm³/mol. The van der Waals surface area contributed by atoms with Crippen LogP contribution in [0.2, 0.25) is 0 Å². The Bertz CT molecular complexity index is 505. The van der Waals surface area contributed by atoms with Crippen LogP contribution >= 0.6 is 11.3 Å². The minimum Gasteiger partial charge on any atom is -0.444 e. The molecule has 1 rings (SSSR count). The van der Waals surface area contributed by atoms with Crippen molar-refractivity contribution in [2.45, 2.75) is 72.6 Å². The second kappa shape index (κ2) is 8.15. The Labute approximate surface area is 145 Å². The number of alkyl carbamates (subject to hydrolysis) is 1. The van der Waals surface area contributed by atoms with E-state index in [0.717, 1.165) is 13.0 Å². The number of thiophene rings is 1. The molecule has 4 nitrogen and oxygen atoms in total. The highest BCUT2D eigenvalue weighted by molar-refractivity contribution is 7.11. The third-order valence-corrected chi connectivity index (χ3v) is 4.37. The fourth-order valence-electron chi connectivity index (χ4n) is 2.57. The molecular formula is C18H32N2O2S. The SMILES string of the molecule is Cc1ccc(CNC(C)(CNC(=O)OC(C)(C)C)CC(C)C)s1. The van der Waals surface area contributed by atoms with Crippen LogP contribution in [0.15, 0.2) is 12.1 Å². The van der Waals surface area contributed by atoms with Crippen molar-refractivity contribution < 1.29 is 9.53 Å². The Hall–Kier alpha value is -1.07. The summed E-state index contributed by atoms with van der Waals surface area (Å²) in [6, 6.07) is 4.30. The van der Waals surface area contributed by atoms with Crippen molar-refractivity contribution in [3.63, 3.8) is 0 Å². The van der Waals surface area contributed by atoms with Gasteiger partial charge in [0.2, 0.25) is 0 Å². The summed E-state index contributed by atoms with van der Waals surface area (Å²) in [5, 5.41) is 6.52. The van der Waals surface area contributed by atoms with Crippen molar-refractivity contribution in [2.75, 3.05) is 6.54 Å². The summed E-state index contributed by atoms with van der Waals surface area (Å²) in [5.74, 6) is 0.540. The number of hydrogen-bond acceptors (Lipinski definition) is 4. The molecule has 0 aromatic carbocycles. The molecular weight excluding hydrogens is 308 g/mol. The van der Waals surface area contributed by atoms with E-state index in [0.29, 0.717) is 12.5 Å². The van der Waals surface area contributed by atoms with Gasteiger partial charge in [0.15, 0.2) is 0 Å². The first-order valence-electron chi connectivity index (χ1n) is 8.26. The number of rotatable bonds is 7. The van der Waals surface area contributed by atoms with E-state index < -0.39 is 5.60 Å². The fourth-order valence-corrected chi connectivity index (χ4v) is 3.40. The molecule has 0 bridgehead atoms. The van der Waals surface area contributed by atoms with Gasteiger partial charge < -0.3 is 15.4 Å². The van der Waals surface area contributed by atoms with Crippen LogP contribution in [0, 0.1) is 12.8 Å². The van der Waals surface area contributed by atoms with Gasteiger partial charge in [-0.25, -0.2) is 4.79 Å². The molecule has 0 fully saturated rings. The van der Waals surface area contributed by atoms with E-state index in [4.69, 9.17) is 4.74 Å². The normalized spacial score (nSPS) is 14.6. The largest absolute Gasteiger partial charge is 0.444 e. The van der Waals surface area contributed by atoms with Gasteiger partial charge in [-0.3, -0.25) is 0 Å². The molecule has 0 aliphatic rings. The first kappa shape index (κ1) is 20.0. The highest BCUT2D eigenvalue weighted by Gasteiger charge is 2.27. The lowest BCUT2D eigenvalue weighted by Gasteiger charge is -2.33. The van der Waals surface area contributed by atoms with Crippen molar-refractivity contribution in [3.8, 4) is 0 Å². The number of nitrogens with one attached hydrogen (secondary N) is 2. The van der Waals surface area contributed by atoms with Crippen LogP contribution in [0.25, 0.3) is 0 Å². The molecule has 0 radical (unpaired) electrons. The van der Waals surface area contributed by atoms with Gasteiger partial charge in [-0.15, -0.1) is 11.3 Å². The van der Waals surface area contributed by atoms with E-state index in [1.807, 2.05) is 20.8 Å². The Balaban J connectivity index is 2.60. The molecule has 1 aromatic rings. The van der Waals surface area contributed by atoms with E-state index in [9.17, 15) is 4.79 Å². The van der Waals surface area contributed by atoms with Crippen LogP contribution in [-0.2, 0) is 11.3 Å². The lowest BCUT2D eigenvalue weighted by molar-refractivity contribution is 0.0507. The molecule has 0 spiro atoms. The topological polar surface area (TPSA) is 50.4 Å². The van der Waals surface area contributed by atoms with Gasteiger partial charge in [0.1, 0.15) is 5.60 Å². The van der Waals surface area contributed by atoms with E-state index in [1.54, 1.807) is 11.3 Å². The third-order valence-electron chi connectivity index (χ3n) is 3.37. The molecule has 132 valence electrons. The smallest absolute Gasteiger partial charge is 0.407 e. The zero-order valence-corrected chi connectivity index (χ0v) is 16.4. The molecule has 1 aromatic heterocycles. The number of aryl methyl sites for hydroxylation is 1. The van der Waals surface area contributed by atoms with E-state index in [1.165, 1.54) is 9.75 Å². The van der Waals surface area contributed by atoms with Crippen LogP contribution in [-0.4, -0.2) is 23.8 Å². The van der Waals surface area contributed by atoms with Gasteiger partial charge in [0, 0.05) is 28.4 Å². The van der Waals surface area contributed by atoms with Crippen LogP contribution in [0.1, 0.15) is 57.7 Å². The number of hydrogen-bond donors (Lipinski definition) is 2. The Morgan fingerprint density at radius 3 is 2.39 bits per heavy atom. The monoisotopic (exact) mass is 340 g/mol. The maximum Gasteiger partial charge on any atom is 0.407 e. The highest BCUT2D eigenvalue weighted by atomic mass is 32.1. The van der Waals surface area contributed by atoms with E-state index in [-0.39, 0.29) is 11.6 Å². The predicted octanol–water partition coefficient (Wildman–Crippen LogP) is 4.48. The first-order chi connectivity index (χ1) is 10.5. The Morgan fingerprint density at radius 2 is 1.91 bits per heavy atom. The Kier molecular flexibility index (Phi) is 7.08. The zero-order valence-electron chi connectivity index (χ0n) is 15.6. The summed E-state index contributed by atoms with van der Waals surface area (Å²) < 4.78 is 5.33. The molecule has 1 heterocycles. The van der Waals surface area contributed by atoms with Gasteiger partial charge in [-0.05, 0) is 59.1 Å². The maximum absolute atomic E-state index is 11.9. The lowest BCUT2D eigenvalue weighted by atomic mass is 9.90. The van der Waals surface area contributed by atoms with Crippen molar-refractivity contribution in [1.29, 1.82) is 0 Å². The highest BCUT2D eigenvalue weighted by Crippen LogP contribution is 2.20. The van der Waals surface area contributed by atoms with Crippen LogP contribution in [0.4, 0.5) is 4.79 Å². The summed E-state index contributed by atoms with van der Waals surface area (Å²) >= 11 is 1.81. The van der Waals surface area contributed by atoms with Crippen molar-refractivity contribution in [1.82, 2.24) is 10.6 Å². The molecule has 1 atom stereocenters. The first-order valence-corrected chi connectivity index (χ1v) is 9.08. The minimum atomic E-state index is -0.472. The molecule has 0 saturated carbocycles. The Morgan fingerprint density at radius 1 is 1.26 bits per heavy atom. The molecule has 5 heteroatoms. The molecule has 1 unspecified atom stereocenters. The van der Waals surface area contributed by atoms with Gasteiger partial charge in [0.25, 0.3) is 0 Å². The third kappa shape index (κ3) is 8.37. The van der Waals surface area contributed by atoms with Crippen molar-refractivity contribution in [3.05, 3.63) is 21.9 Å². The molecule has 23 heavy (non-hydrogen) atoms. The van der Waals surface area contributed by atoms with Crippen LogP contribution in [0.3, 0.4) is 0 Å². The van der Waals surface area contributed by atoms with Crippen LogP contribution < -0.4 is 10.6 Å². The van der Waals surface area contributed by atoms with Gasteiger partial charge in [-0.2, -0.15) is 0 Å². The number of ether oxygens (including phenoxy) is 1. The zero-order chi connectivity index (χ0) is 17.7. The summed E-state index contributed by atoms with van der Waals surface area (Å²) in [4.78, 5) is 14.5. The number of carbonyl (C=O) groups is 1. The molecule has 0 saturated heterocycles. The average molecular weight is 341 g/mol. The van der Waals surface area contributed by atoms with E-state index in [2.05, 4.69) is 50.5 Å². The number of amides is 1. The van der Waals surface area contributed by atoms with Gasteiger partial charge >= 0.3 is 6.09 Å². The summed E-state index contributed by atoms with van der Waals surface area (Å²) in [7, 11) is 0. The van der Waals surface area contributed by atoms with Crippen molar-refractivity contribution in [2.24, 2.45) is 5.92 Å². The molecule has 0 aliphatic heterocycles. The van der Waals surface area contributed by atoms with Gasteiger partial charge in [-0.1, -0.05) is 13.8 Å². The lowest BCUT2D eigenvalue weighted by Crippen LogP contribution is -2.52. The maximum atomic E-state index is 11.9. The van der Waals surface area contributed by atoms with Crippen LogP contribution in [0.5, 0.6) is 0 Å². The summed E-state index contributed by atoms with van der Waals surface area (Å²) in [6.07, 6.45) is 0.619. The second-order valence-electron chi connectivity index (χ2n) is 7.88. The van der Waals surface area contributed by atoms with E-state index >= 15 is 0 Å². The average Bonchev–Trinajstić information content (AvgIpc) is 2.77. The molecule has 0 aliphatic carbocycles. The quantitative estimate of drug-likeness (QED) is 0.769.